The second-order valence-corrected chi connectivity index (χ2v) is 3.87. The molecule has 2 heterocycles. The lowest BCUT2D eigenvalue weighted by Crippen LogP contribution is -2.57. The summed E-state index contributed by atoms with van der Waals surface area (Å²) in [6.07, 6.45) is -1.46. The number of fused-ring (bicyclic) bond motifs is 1. The van der Waals surface area contributed by atoms with E-state index in [0.717, 1.165) is 0 Å². The zero-order valence-corrected chi connectivity index (χ0v) is 7.61. The average molecular weight is 187 g/mol. The number of hydrogen-bond acceptors (Lipinski definition) is 4. The van der Waals surface area contributed by atoms with Gasteiger partial charge in [0.25, 0.3) is 0 Å². The average Bonchev–Trinajstić information content (AvgIpc) is 2.23. The highest BCUT2D eigenvalue weighted by Crippen LogP contribution is 2.34. The van der Waals surface area contributed by atoms with Crippen molar-refractivity contribution in [2.75, 3.05) is 0 Å². The third-order valence-electron chi connectivity index (χ3n) is 2.65. The third-order valence-corrected chi connectivity index (χ3v) is 2.65. The fourth-order valence-electron chi connectivity index (χ4n) is 2.09. The van der Waals surface area contributed by atoms with Crippen molar-refractivity contribution in [1.29, 1.82) is 0 Å². The van der Waals surface area contributed by atoms with Crippen LogP contribution in [0.5, 0.6) is 0 Å². The maximum Gasteiger partial charge on any atom is 0.408 e. The van der Waals surface area contributed by atoms with Gasteiger partial charge in [-0.15, -0.1) is 0 Å². The zero-order chi connectivity index (χ0) is 9.64. The van der Waals surface area contributed by atoms with Crippen molar-refractivity contribution < 1.29 is 19.4 Å². The van der Waals surface area contributed by atoms with Gasteiger partial charge in [-0.2, -0.15) is 0 Å². The number of aliphatic hydroxyl groups excluding tert-OH is 1. The lowest BCUT2D eigenvalue weighted by molar-refractivity contribution is -0.205. The number of aliphatic hydroxyl groups is 1. The van der Waals surface area contributed by atoms with Crippen LogP contribution in [0.3, 0.4) is 0 Å². The number of carbonyl (C=O) groups excluding carboxylic acids is 1. The topological polar surface area (TPSA) is 67.8 Å². The molecular weight excluding hydrogens is 174 g/mol. The highest BCUT2D eigenvalue weighted by atomic mass is 16.6. The van der Waals surface area contributed by atoms with Crippen LogP contribution in [0, 0.1) is 0 Å². The Hall–Kier alpha value is -0.810. The second kappa shape index (κ2) is 2.59. The van der Waals surface area contributed by atoms with Gasteiger partial charge in [0, 0.05) is 6.42 Å². The number of nitrogens with one attached hydrogen (secondary N) is 1. The van der Waals surface area contributed by atoms with Gasteiger partial charge in [0.15, 0.2) is 12.4 Å². The Balaban J connectivity index is 2.23. The van der Waals surface area contributed by atoms with E-state index in [2.05, 4.69) is 5.32 Å². The molecule has 2 aliphatic heterocycles. The number of rotatable bonds is 0. The standard InChI is InChI=1S/C8H13NO4/c1-4-6-8(2,3-5(10)12-4)9-7(11)13-6/h4-6,10H,3H2,1-2H3,(H,9,11). The normalized spacial score (nSPS) is 49.5. The van der Waals surface area contributed by atoms with Crippen LogP contribution >= 0.6 is 0 Å². The van der Waals surface area contributed by atoms with Crippen molar-refractivity contribution >= 4 is 6.09 Å². The Morgan fingerprint density at radius 3 is 3.08 bits per heavy atom. The molecule has 0 radical (unpaired) electrons. The Morgan fingerprint density at radius 2 is 2.38 bits per heavy atom. The van der Waals surface area contributed by atoms with E-state index in [1.54, 1.807) is 6.92 Å². The first-order chi connectivity index (χ1) is 6.01. The van der Waals surface area contributed by atoms with Crippen LogP contribution in [0.1, 0.15) is 20.3 Å². The molecule has 2 rings (SSSR count). The zero-order valence-electron chi connectivity index (χ0n) is 7.61. The summed E-state index contributed by atoms with van der Waals surface area (Å²) in [4.78, 5) is 11.0. The molecule has 2 aliphatic rings. The first-order valence-electron chi connectivity index (χ1n) is 4.33. The molecule has 5 heteroatoms. The minimum atomic E-state index is -0.821. The molecule has 4 atom stereocenters. The lowest BCUT2D eigenvalue weighted by atomic mass is 9.86. The van der Waals surface area contributed by atoms with Gasteiger partial charge in [-0.3, -0.25) is 0 Å². The van der Waals surface area contributed by atoms with E-state index in [-0.39, 0.29) is 12.2 Å². The monoisotopic (exact) mass is 187 g/mol. The molecule has 13 heavy (non-hydrogen) atoms. The maximum atomic E-state index is 11.0. The van der Waals surface area contributed by atoms with Crippen molar-refractivity contribution in [3.63, 3.8) is 0 Å². The molecule has 0 aromatic carbocycles. The summed E-state index contributed by atoms with van der Waals surface area (Å²) < 4.78 is 10.2. The van der Waals surface area contributed by atoms with Crippen LogP contribution < -0.4 is 5.32 Å². The van der Waals surface area contributed by atoms with Crippen molar-refractivity contribution in [3.8, 4) is 0 Å². The van der Waals surface area contributed by atoms with E-state index in [4.69, 9.17) is 9.47 Å². The Labute approximate surface area is 76.0 Å². The van der Waals surface area contributed by atoms with Gasteiger partial charge in [-0.05, 0) is 13.8 Å². The quantitative estimate of drug-likeness (QED) is 0.559. The molecule has 2 saturated heterocycles. The van der Waals surface area contributed by atoms with Crippen LogP contribution in [0.2, 0.25) is 0 Å². The van der Waals surface area contributed by atoms with Crippen LogP contribution in [-0.2, 0) is 9.47 Å². The van der Waals surface area contributed by atoms with E-state index in [1.807, 2.05) is 6.92 Å². The summed E-state index contributed by atoms with van der Waals surface area (Å²) in [6, 6.07) is 0. The van der Waals surface area contributed by atoms with Crippen LogP contribution in [0.25, 0.3) is 0 Å². The van der Waals surface area contributed by atoms with Gasteiger partial charge in [0.05, 0.1) is 11.6 Å². The fraction of sp³-hybridized carbons (Fsp3) is 0.875. The molecular formula is C8H13NO4. The maximum absolute atomic E-state index is 11.0. The summed E-state index contributed by atoms with van der Waals surface area (Å²) in [7, 11) is 0. The third kappa shape index (κ3) is 1.28. The predicted molar refractivity (Wildman–Crippen MR) is 43.0 cm³/mol. The van der Waals surface area contributed by atoms with E-state index >= 15 is 0 Å². The van der Waals surface area contributed by atoms with Crippen LogP contribution in [0.4, 0.5) is 4.79 Å². The highest BCUT2D eigenvalue weighted by molar-refractivity contribution is 5.71. The summed E-state index contributed by atoms with van der Waals surface area (Å²) in [5.74, 6) is 0. The predicted octanol–water partition coefficient (Wildman–Crippen LogP) is -0.0193. The van der Waals surface area contributed by atoms with Gasteiger partial charge < -0.3 is 19.9 Å². The molecule has 0 spiro atoms. The SMILES string of the molecule is CC1OC(O)CC2(C)NC(=O)OC12. The molecule has 0 bridgehead atoms. The lowest BCUT2D eigenvalue weighted by Gasteiger charge is -2.39. The molecule has 0 aromatic rings. The molecule has 0 aromatic heterocycles. The highest BCUT2D eigenvalue weighted by Gasteiger charge is 2.52. The minimum Gasteiger partial charge on any atom is -0.441 e. The van der Waals surface area contributed by atoms with Gasteiger partial charge >= 0.3 is 6.09 Å². The van der Waals surface area contributed by atoms with Crippen molar-refractivity contribution in [1.82, 2.24) is 5.32 Å². The number of ether oxygens (including phenoxy) is 2. The molecule has 2 fully saturated rings. The van der Waals surface area contributed by atoms with Crippen molar-refractivity contribution in [2.45, 2.75) is 44.3 Å². The number of carbonyl (C=O) groups is 1. The first kappa shape index (κ1) is 8.77. The number of alkyl carbamates (subject to hydrolysis) is 1. The number of hydrogen-bond donors (Lipinski definition) is 2. The summed E-state index contributed by atoms with van der Waals surface area (Å²) in [6.45, 7) is 3.64. The minimum absolute atomic E-state index is 0.271. The van der Waals surface area contributed by atoms with E-state index < -0.39 is 17.9 Å². The summed E-state index contributed by atoms with van der Waals surface area (Å²) in [5.41, 5.74) is -0.492. The van der Waals surface area contributed by atoms with Crippen LogP contribution in [-0.4, -0.2) is 35.2 Å². The van der Waals surface area contributed by atoms with Gasteiger partial charge in [-0.1, -0.05) is 0 Å². The van der Waals surface area contributed by atoms with E-state index in [1.165, 1.54) is 0 Å². The Bertz CT molecular complexity index is 244. The van der Waals surface area contributed by atoms with E-state index in [0.29, 0.717) is 6.42 Å². The molecule has 4 unspecified atom stereocenters. The van der Waals surface area contributed by atoms with Gasteiger partial charge in [0.2, 0.25) is 0 Å². The van der Waals surface area contributed by atoms with Crippen molar-refractivity contribution in [3.05, 3.63) is 0 Å². The van der Waals surface area contributed by atoms with Crippen LogP contribution in [0.15, 0.2) is 0 Å². The molecule has 1 amide bonds. The largest absolute Gasteiger partial charge is 0.441 e. The molecule has 0 saturated carbocycles. The second-order valence-electron chi connectivity index (χ2n) is 3.87. The van der Waals surface area contributed by atoms with Gasteiger partial charge in [0.1, 0.15) is 0 Å². The molecule has 2 N–H and O–H groups in total. The molecule has 5 nitrogen and oxygen atoms in total. The molecule has 74 valence electrons. The summed E-state index contributed by atoms with van der Waals surface area (Å²) >= 11 is 0. The fourth-order valence-corrected chi connectivity index (χ4v) is 2.09. The number of amides is 1. The smallest absolute Gasteiger partial charge is 0.408 e. The van der Waals surface area contributed by atoms with Crippen molar-refractivity contribution in [2.24, 2.45) is 0 Å². The first-order valence-corrected chi connectivity index (χ1v) is 4.33. The van der Waals surface area contributed by atoms with E-state index in [9.17, 15) is 9.90 Å². The molecule has 0 aliphatic carbocycles. The Kier molecular flexibility index (Phi) is 1.75. The summed E-state index contributed by atoms with van der Waals surface area (Å²) in [5, 5.41) is 12.0. The Morgan fingerprint density at radius 1 is 1.69 bits per heavy atom. The van der Waals surface area contributed by atoms with Gasteiger partial charge in [-0.25, -0.2) is 4.79 Å².